The van der Waals surface area contributed by atoms with Crippen LogP contribution in [0, 0.1) is 0 Å². The fraction of sp³-hybridized carbons (Fsp3) is 0.500. The third kappa shape index (κ3) is 4.12. The molecule has 0 bridgehead atoms. The molecule has 3 nitrogen and oxygen atoms in total. The first-order valence-electron chi connectivity index (χ1n) is 3.58. The Bertz CT molecular complexity index is 141. The van der Waals surface area contributed by atoms with Gasteiger partial charge in [-0.25, -0.2) is 0 Å². The van der Waals surface area contributed by atoms with Gasteiger partial charge in [-0.1, -0.05) is 6.58 Å². The Labute approximate surface area is 73.5 Å². The van der Waals surface area contributed by atoms with Crippen LogP contribution in [0.5, 0.6) is 0 Å². The third-order valence-electron chi connectivity index (χ3n) is 1.33. The molecule has 0 atom stereocenters. The minimum absolute atomic E-state index is 0.208. The number of amides is 1. The Morgan fingerprint density at radius 3 is 2.36 bits per heavy atom. The fourth-order valence-electron chi connectivity index (χ4n) is 0.862. The van der Waals surface area contributed by atoms with Crippen molar-refractivity contribution in [3.05, 3.63) is 12.8 Å². The average Bonchev–Trinajstić information content (AvgIpc) is 2.36. The van der Waals surface area contributed by atoms with Crippen molar-refractivity contribution >= 4 is 26.9 Å². The van der Waals surface area contributed by atoms with Crippen molar-refractivity contribution < 1.29 is 8.91 Å². The highest BCUT2D eigenvalue weighted by Crippen LogP contribution is 2.08. The molecule has 0 N–H and O–H groups in total. The maximum absolute atomic E-state index is 10.7. The number of likely N-dealkylation sites (tertiary alicyclic amines) is 1. The minimum Gasteiger partial charge on any atom is -0.471 e. The van der Waals surface area contributed by atoms with Crippen molar-refractivity contribution in [3.63, 3.8) is 0 Å². The third-order valence-corrected chi connectivity index (χ3v) is 1.33. The molecule has 0 saturated carbocycles. The molecule has 0 aromatic heterocycles. The molecule has 11 heavy (non-hydrogen) atoms. The van der Waals surface area contributed by atoms with E-state index in [0.717, 1.165) is 33.9 Å². The lowest BCUT2D eigenvalue weighted by Gasteiger charge is -2.05. The number of rotatable bonds is 1. The van der Waals surface area contributed by atoms with Crippen LogP contribution in [-0.2, 0) is 8.91 Å². The predicted molar refractivity (Wildman–Crippen MR) is 52.1 cm³/mol. The zero-order chi connectivity index (χ0) is 8.69. The van der Waals surface area contributed by atoms with Crippen LogP contribution in [-0.4, -0.2) is 38.3 Å². The van der Waals surface area contributed by atoms with Crippen LogP contribution in [0.1, 0.15) is 12.8 Å². The topological polar surface area (TPSA) is 29.5 Å². The van der Waals surface area contributed by atoms with Crippen molar-refractivity contribution in [1.82, 2.24) is 4.90 Å². The van der Waals surface area contributed by atoms with Crippen LogP contribution in [0.4, 0.5) is 0 Å². The van der Waals surface area contributed by atoms with Gasteiger partial charge in [0.25, 0.3) is 0 Å². The summed E-state index contributed by atoms with van der Waals surface area (Å²) in [6.07, 6.45) is 3.28. The smallest absolute Gasteiger partial charge is 0.226 e. The van der Waals surface area contributed by atoms with Gasteiger partial charge in [-0.15, -0.1) is 0 Å². The van der Waals surface area contributed by atoms with Gasteiger partial charge in [0.15, 0.2) is 0 Å². The quantitative estimate of drug-likeness (QED) is 0.461. The molecule has 0 aromatic carbocycles. The van der Waals surface area contributed by atoms with Crippen molar-refractivity contribution in [1.29, 1.82) is 0 Å². The Morgan fingerprint density at radius 1 is 1.64 bits per heavy atom. The molecule has 0 aliphatic carbocycles. The summed E-state index contributed by atoms with van der Waals surface area (Å²) in [5.41, 5.74) is 0. The summed E-state index contributed by atoms with van der Waals surface area (Å²) >= 11 is 0. The number of carbonyl (C=O) groups is 1. The number of hydrogen-bond donors (Lipinski definition) is 0. The van der Waals surface area contributed by atoms with Crippen LogP contribution in [0.25, 0.3) is 0 Å². The second-order valence-corrected chi connectivity index (χ2v) is 5.55. The second-order valence-electron chi connectivity index (χ2n) is 2.28. The van der Waals surface area contributed by atoms with Gasteiger partial charge in [-0.2, -0.15) is 0 Å². The molecule has 64 valence electrons. The van der Waals surface area contributed by atoms with Crippen molar-refractivity contribution in [2.24, 2.45) is 0 Å². The van der Waals surface area contributed by atoms with Gasteiger partial charge in [0.05, 0.1) is 0 Å². The van der Waals surface area contributed by atoms with Crippen LogP contribution in [0.3, 0.4) is 0 Å². The average molecular weight is 189 g/mol. The van der Waals surface area contributed by atoms with E-state index in [2.05, 4.69) is 10.7 Å². The summed E-state index contributed by atoms with van der Waals surface area (Å²) < 4.78 is 4.53. The molecule has 1 rings (SSSR count). The van der Waals surface area contributed by atoms with Crippen molar-refractivity contribution in [2.75, 3.05) is 6.54 Å². The number of hydrogen-bond acceptors (Lipinski definition) is 2. The Balaban J connectivity index is 0.000000292. The van der Waals surface area contributed by atoms with Gasteiger partial charge in [-0.05, 0) is 12.6 Å². The Kier molecular flexibility index (Phi) is 6.09. The summed E-state index contributed by atoms with van der Waals surface area (Å²) in [5.74, 6) is 0.208. The zero-order valence-electron chi connectivity index (χ0n) is 7.17. The molecule has 0 aromatic rings. The lowest BCUT2D eigenvalue weighted by molar-refractivity contribution is -0.125. The maximum atomic E-state index is 10.7. The van der Waals surface area contributed by atoms with E-state index in [4.69, 9.17) is 0 Å². The summed E-state index contributed by atoms with van der Waals surface area (Å²) in [4.78, 5) is 12.3. The highest BCUT2D eigenvalue weighted by atomic mass is 28.3. The Hall–Kier alpha value is -0.396. The van der Waals surface area contributed by atoms with E-state index in [1.807, 2.05) is 0 Å². The first-order valence-corrected chi connectivity index (χ1v) is 5.21. The van der Waals surface area contributed by atoms with Crippen LogP contribution in [0.2, 0.25) is 0 Å². The Morgan fingerprint density at radius 2 is 2.18 bits per heavy atom. The minimum atomic E-state index is 0.208. The summed E-state index contributed by atoms with van der Waals surface area (Å²) in [7, 11) is 1.86. The van der Waals surface area contributed by atoms with Gasteiger partial charge in [-0.3, -0.25) is 4.79 Å². The summed E-state index contributed by atoms with van der Waals surface area (Å²) in [6, 6.07) is 0. The molecule has 5 heteroatoms. The molecule has 1 heterocycles. The molecule has 0 radical (unpaired) electrons. The second kappa shape index (κ2) is 6.32. The van der Waals surface area contributed by atoms with Gasteiger partial charge in [0.1, 0.15) is 21.0 Å². The molecular formula is C6H15NO2Si2. The van der Waals surface area contributed by atoms with Crippen molar-refractivity contribution in [3.8, 4) is 0 Å². The van der Waals surface area contributed by atoms with E-state index in [1.54, 1.807) is 11.1 Å². The van der Waals surface area contributed by atoms with Gasteiger partial charge in [0, 0.05) is 13.0 Å². The molecular weight excluding hydrogens is 174 g/mol. The molecule has 0 spiro atoms. The summed E-state index contributed by atoms with van der Waals surface area (Å²) in [5, 5.41) is 0. The first-order chi connectivity index (χ1) is 5.26. The number of carbonyl (C=O) groups excluding carboxylic acids is 1. The van der Waals surface area contributed by atoms with Gasteiger partial charge < -0.3 is 9.02 Å². The van der Waals surface area contributed by atoms with E-state index in [1.165, 1.54) is 0 Å². The lowest BCUT2D eigenvalue weighted by atomic mass is 10.4. The molecule has 1 aliphatic rings. The zero-order valence-corrected chi connectivity index (χ0v) is 11.2. The van der Waals surface area contributed by atoms with Crippen LogP contribution in [0.15, 0.2) is 12.8 Å². The van der Waals surface area contributed by atoms with Gasteiger partial charge >= 0.3 is 0 Å². The molecule has 1 saturated heterocycles. The normalized spacial score (nSPS) is 16.4. The standard InChI is InChI=1S/C6H9NO.H6OSi2/c1-2-7-5-3-4-6(7)8;2-1-3/h2H,1,3-5H2;2-3H3. The fourth-order valence-corrected chi connectivity index (χ4v) is 0.862. The molecule has 1 amide bonds. The SMILES string of the molecule is C=CN1CCCC1=O.[SiH3]O[SiH3]. The van der Waals surface area contributed by atoms with Crippen LogP contribution >= 0.6 is 0 Å². The van der Waals surface area contributed by atoms with E-state index >= 15 is 0 Å². The van der Waals surface area contributed by atoms with Gasteiger partial charge in [0.2, 0.25) is 5.91 Å². The molecule has 0 unspecified atom stereocenters. The van der Waals surface area contributed by atoms with Crippen molar-refractivity contribution in [2.45, 2.75) is 12.8 Å². The highest BCUT2D eigenvalue weighted by Gasteiger charge is 2.15. The van der Waals surface area contributed by atoms with E-state index in [0.29, 0.717) is 6.42 Å². The monoisotopic (exact) mass is 189 g/mol. The lowest BCUT2D eigenvalue weighted by Crippen LogP contribution is -2.16. The summed E-state index contributed by atoms with van der Waals surface area (Å²) in [6.45, 7) is 4.36. The number of nitrogens with zero attached hydrogens (tertiary/aromatic N) is 1. The highest BCUT2D eigenvalue weighted by molar-refractivity contribution is 6.15. The van der Waals surface area contributed by atoms with E-state index < -0.39 is 0 Å². The first kappa shape index (κ1) is 10.6. The molecule has 1 aliphatic heterocycles. The predicted octanol–water partition coefficient (Wildman–Crippen LogP) is -1.68. The van der Waals surface area contributed by atoms with Crippen LogP contribution < -0.4 is 0 Å². The maximum Gasteiger partial charge on any atom is 0.226 e. The molecule has 1 fully saturated rings. The van der Waals surface area contributed by atoms with E-state index in [-0.39, 0.29) is 5.91 Å². The van der Waals surface area contributed by atoms with E-state index in [9.17, 15) is 4.79 Å². The largest absolute Gasteiger partial charge is 0.471 e.